The van der Waals surface area contributed by atoms with Gasteiger partial charge in [0.15, 0.2) is 5.16 Å². The van der Waals surface area contributed by atoms with E-state index in [1.165, 1.54) is 23.1 Å². The highest BCUT2D eigenvalue weighted by Crippen LogP contribution is 2.24. The van der Waals surface area contributed by atoms with Gasteiger partial charge in [-0.1, -0.05) is 53.7 Å². The number of para-hydroxylation sites is 1. The highest BCUT2D eigenvalue weighted by atomic mass is 35.5. The average molecular weight is 486 g/mol. The van der Waals surface area contributed by atoms with Gasteiger partial charge in [0.25, 0.3) is 5.56 Å². The molecule has 2 aromatic heterocycles. The van der Waals surface area contributed by atoms with Crippen LogP contribution >= 0.6 is 34.7 Å². The normalized spacial score (nSPS) is 10.9. The second kappa shape index (κ2) is 10.2. The number of fused-ring (bicyclic) bond motifs is 1. The molecular formula is C23H20ClN3O3S2. The summed E-state index contributed by atoms with van der Waals surface area (Å²) in [5.41, 5.74) is 2.34. The number of thiophene rings is 1. The Bertz CT molecular complexity index is 1300. The van der Waals surface area contributed by atoms with E-state index in [1.807, 2.05) is 47.8 Å². The van der Waals surface area contributed by atoms with Gasteiger partial charge in [-0.3, -0.25) is 14.2 Å². The van der Waals surface area contributed by atoms with Crippen LogP contribution in [0.1, 0.15) is 11.1 Å². The fourth-order valence-electron chi connectivity index (χ4n) is 3.16. The van der Waals surface area contributed by atoms with Crippen molar-refractivity contribution in [2.24, 2.45) is 0 Å². The Balaban J connectivity index is 1.53. The lowest BCUT2D eigenvalue weighted by molar-refractivity contribution is -0.118. The summed E-state index contributed by atoms with van der Waals surface area (Å²) < 4.78 is 7.64. The molecule has 6 nitrogen and oxygen atoms in total. The van der Waals surface area contributed by atoms with Crippen LogP contribution in [0.4, 0.5) is 0 Å². The number of halogens is 1. The summed E-state index contributed by atoms with van der Waals surface area (Å²) >= 11 is 8.50. The smallest absolute Gasteiger partial charge is 0.272 e. The molecule has 0 bridgehead atoms. The van der Waals surface area contributed by atoms with Gasteiger partial charge in [0.2, 0.25) is 5.91 Å². The van der Waals surface area contributed by atoms with Crippen molar-refractivity contribution in [3.8, 4) is 5.75 Å². The summed E-state index contributed by atoms with van der Waals surface area (Å²) in [6.07, 6.45) is 0. The summed E-state index contributed by atoms with van der Waals surface area (Å²) in [4.78, 5) is 30.2. The number of amides is 1. The predicted octanol–water partition coefficient (Wildman–Crippen LogP) is 4.58. The van der Waals surface area contributed by atoms with E-state index in [-0.39, 0.29) is 17.2 Å². The first-order valence-electron chi connectivity index (χ1n) is 9.79. The molecule has 0 aliphatic rings. The topological polar surface area (TPSA) is 73.2 Å². The van der Waals surface area contributed by atoms with Crippen LogP contribution in [0.2, 0.25) is 5.02 Å². The van der Waals surface area contributed by atoms with E-state index in [0.29, 0.717) is 39.2 Å². The first-order chi connectivity index (χ1) is 15.5. The van der Waals surface area contributed by atoms with Crippen LogP contribution in [-0.4, -0.2) is 28.3 Å². The molecule has 0 aliphatic carbocycles. The monoisotopic (exact) mass is 485 g/mol. The number of nitrogens with one attached hydrogen (secondary N) is 1. The van der Waals surface area contributed by atoms with Gasteiger partial charge >= 0.3 is 0 Å². The standard InChI is InChI=1S/C23H20ClN3O3S2/c1-30-19-5-3-2-4-16(19)13-27-22(29)21-18(10-11-31-21)26-23(27)32-14-20(28)25-12-15-6-8-17(24)9-7-15/h2-11H,12-14H2,1H3,(H,25,28). The maximum atomic E-state index is 13.2. The molecule has 0 saturated heterocycles. The Labute approximate surface area is 198 Å². The van der Waals surface area contributed by atoms with Crippen molar-refractivity contribution in [2.45, 2.75) is 18.2 Å². The summed E-state index contributed by atoms with van der Waals surface area (Å²) in [5, 5.41) is 5.88. The van der Waals surface area contributed by atoms with Gasteiger partial charge in [-0.25, -0.2) is 4.98 Å². The first-order valence-corrected chi connectivity index (χ1v) is 12.0. The largest absolute Gasteiger partial charge is 0.496 e. The molecule has 0 atom stereocenters. The Kier molecular flexibility index (Phi) is 7.14. The van der Waals surface area contributed by atoms with Gasteiger partial charge in [0.05, 0.1) is 24.9 Å². The molecule has 0 fully saturated rings. The van der Waals surface area contributed by atoms with Crippen LogP contribution in [-0.2, 0) is 17.9 Å². The number of aromatic nitrogens is 2. The van der Waals surface area contributed by atoms with E-state index in [4.69, 9.17) is 16.3 Å². The third kappa shape index (κ3) is 5.15. The summed E-state index contributed by atoms with van der Waals surface area (Å²) in [7, 11) is 1.60. The van der Waals surface area contributed by atoms with Gasteiger partial charge in [-0.2, -0.15) is 0 Å². The Morgan fingerprint density at radius 1 is 1.19 bits per heavy atom. The number of carbonyl (C=O) groups is 1. The number of methoxy groups -OCH3 is 1. The SMILES string of the molecule is COc1ccccc1Cn1c(SCC(=O)NCc2ccc(Cl)cc2)nc2ccsc2c1=O. The van der Waals surface area contributed by atoms with Crippen molar-refractivity contribution in [1.29, 1.82) is 0 Å². The molecule has 4 aromatic rings. The molecule has 0 aliphatic heterocycles. The number of carbonyl (C=O) groups excluding carboxylic acids is 1. The van der Waals surface area contributed by atoms with Crippen molar-refractivity contribution in [3.05, 3.63) is 86.5 Å². The van der Waals surface area contributed by atoms with Gasteiger partial charge in [-0.05, 0) is 35.2 Å². The van der Waals surface area contributed by atoms with Crippen molar-refractivity contribution >= 4 is 50.8 Å². The quantitative estimate of drug-likeness (QED) is 0.292. The van der Waals surface area contributed by atoms with Gasteiger partial charge in [0.1, 0.15) is 10.4 Å². The lowest BCUT2D eigenvalue weighted by atomic mass is 10.2. The summed E-state index contributed by atoms with van der Waals surface area (Å²) in [5.74, 6) is 0.692. The number of benzene rings is 2. The van der Waals surface area contributed by atoms with Crippen molar-refractivity contribution < 1.29 is 9.53 Å². The van der Waals surface area contributed by atoms with E-state index in [0.717, 1.165) is 11.1 Å². The molecule has 9 heteroatoms. The zero-order valence-electron chi connectivity index (χ0n) is 17.2. The van der Waals surface area contributed by atoms with Crippen LogP contribution in [0, 0.1) is 0 Å². The highest BCUT2D eigenvalue weighted by molar-refractivity contribution is 7.99. The highest BCUT2D eigenvalue weighted by Gasteiger charge is 2.16. The molecule has 1 N–H and O–H groups in total. The van der Waals surface area contributed by atoms with Gasteiger partial charge in [0, 0.05) is 17.1 Å². The summed E-state index contributed by atoms with van der Waals surface area (Å²) in [6.45, 7) is 0.708. The number of ether oxygens (including phenoxy) is 1. The van der Waals surface area contributed by atoms with Crippen LogP contribution in [0.25, 0.3) is 10.2 Å². The zero-order chi connectivity index (χ0) is 22.5. The molecule has 1 amide bonds. The minimum Gasteiger partial charge on any atom is -0.496 e. The summed E-state index contributed by atoms with van der Waals surface area (Å²) in [6, 6.07) is 16.7. The van der Waals surface area contributed by atoms with E-state index in [1.54, 1.807) is 23.8 Å². The fraction of sp³-hybridized carbons (Fsp3) is 0.174. The minimum atomic E-state index is -0.145. The van der Waals surface area contributed by atoms with Crippen LogP contribution in [0.5, 0.6) is 5.75 Å². The number of nitrogens with zero attached hydrogens (tertiary/aromatic N) is 2. The minimum absolute atomic E-state index is 0.125. The lowest BCUT2D eigenvalue weighted by Crippen LogP contribution is -2.26. The van der Waals surface area contributed by atoms with Crippen molar-refractivity contribution in [2.75, 3.05) is 12.9 Å². The van der Waals surface area contributed by atoms with E-state index < -0.39 is 0 Å². The maximum Gasteiger partial charge on any atom is 0.272 e. The molecule has 2 aromatic carbocycles. The molecular weight excluding hydrogens is 466 g/mol. The maximum absolute atomic E-state index is 13.2. The van der Waals surface area contributed by atoms with E-state index in [9.17, 15) is 9.59 Å². The number of rotatable bonds is 8. The second-order valence-corrected chi connectivity index (χ2v) is 9.22. The number of hydrogen-bond donors (Lipinski definition) is 1. The van der Waals surface area contributed by atoms with E-state index in [2.05, 4.69) is 10.3 Å². The predicted molar refractivity (Wildman–Crippen MR) is 130 cm³/mol. The molecule has 2 heterocycles. The fourth-order valence-corrected chi connectivity index (χ4v) is 4.89. The molecule has 0 saturated carbocycles. The van der Waals surface area contributed by atoms with E-state index >= 15 is 0 Å². The third-order valence-electron chi connectivity index (χ3n) is 4.79. The number of hydrogen-bond acceptors (Lipinski definition) is 6. The second-order valence-electron chi connectivity index (χ2n) is 6.92. The molecule has 32 heavy (non-hydrogen) atoms. The van der Waals surface area contributed by atoms with Crippen molar-refractivity contribution in [3.63, 3.8) is 0 Å². The average Bonchev–Trinajstić information content (AvgIpc) is 3.28. The molecule has 164 valence electrons. The number of thioether (sulfide) groups is 1. The Hall–Kier alpha value is -2.81. The molecule has 0 spiro atoms. The Morgan fingerprint density at radius 3 is 2.75 bits per heavy atom. The molecule has 0 unspecified atom stereocenters. The van der Waals surface area contributed by atoms with Crippen LogP contribution in [0.3, 0.4) is 0 Å². The zero-order valence-corrected chi connectivity index (χ0v) is 19.6. The lowest BCUT2D eigenvalue weighted by Gasteiger charge is -2.14. The third-order valence-corrected chi connectivity index (χ3v) is 6.91. The molecule has 0 radical (unpaired) electrons. The van der Waals surface area contributed by atoms with Gasteiger partial charge in [-0.15, -0.1) is 11.3 Å². The van der Waals surface area contributed by atoms with Gasteiger partial charge < -0.3 is 10.1 Å². The first kappa shape index (κ1) is 22.4. The van der Waals surface area contributed by atoms with Crippen LogP contribution in [0.15, 0.2) is 69.9 Å². The van der Waals surface area contributed by atoms with Crippen molar-refractivity contribution in [1.82, 2.24) is 14.9 Å². The van der Waals surface area contributed by atoms with Crippen LogP contribution < -0.4 is 15.6 Å². The Morgan fingerprint density at radius 2 is 1.97 bits per heavy atom. The molecule has 4 rings (SSSR count).